The Labute approximate surface area is 206 Å². The molecule has 0 spiro atoms. The van der Waals surface area contributed by atoms with Gasteiger partial charge in [-0.05, 0) is 61.6 Å². The fourth-order valence-electron chi connectivity index (χ4n) is 3.39. The maximum Gasteiger partial charge on any atom is 0.269 e. The predicted molar refractivity (Wildman–Crippen MR) is 141 cm³/mol. The summed E-state index contributed by atoms with van der Waals surface area (Å²) in [6, 6.07) is 24.0. The molecule has 0 atom stereocenters. The number of carbonyl (C=O) groups excluding carboxylic acids is 2. The van der Waals surface area contributed by atoms with Crippen LogP contribution in [-0.2, 0) is 0 Å². The summed E-state index contributed by atoms with van der Waals surface area (Å²) in [5.74, 6) is -0.461. The van der Waals surface area contributed by atoms with Crippen LogP contribution in [0.4, 0.5) is 11.4 Å². The molecule has 0 saturated heterocycles. The third kappa shape index (κ3) is 5.06. The molecule has 4 rings (SSSR count). The summed E-state index contributed by atoms with van der Waals surface area (Å²) in [7, 11) is 0. The molecule has 0 aliphatic rings. The average molecular weight is 494 g/mol. The first kappa shape index (κ1) is 22.9. The van der Waals surface area contributed by atoms with Crippen LogP contribution in [0.1, 0.15) is 27.0 Å². The molecule has 8 heteroatoms. The topological polar surface area (TPSA) is 61.4 Å². The normalized spacial score (nSPS) is 10.6. The molecule has 0 fully saturated rings. The number of para-hydroxylation sites is 1. The Balaban J connectivity index is 1.41. The van der Waals surface area contributed by atoms with E-state index in [1.165, 1.54) is 11.3 Å². The van der Waals surface area contributed by atoms with Gasteiger partial charge >= 0.3 is 0 Å². The van der Waals surface area contributed by atoms with Crippen molar-refractivity contribution in [3.05, 3.63) is 94.3 Å². The average Bonchev–Trinajstić information content (AvgIpc) is 3.17. The lowest BCUT2D eigenvalue weighted by atomic mass is 10.1. The highest BCUT2D eigenvalue weighted by molar-refractivity contribution is 7.80. The number of thiocarbonyl (C=S) groups is 1. The first-order valence-electron chi connectivity index (χ1n) is 10.2. The number of nitrogens with zero attached hydrogens (tertiary/aromatic N) is 1. The molecule has 0 bridgehead atoms. The van der Waals surface area contributed by atoms with Gasteiger partial charge < -0.3 is 10.2 Å². The van der Waals surface area contributed by atoms with Gasteiger partial charge in [0.2, 0.25) is 0 Å². The van der Waals surface area contributed by atoms with E-state index in [1.54, 1.807) is 29.2 Å². The lowest BCUT2D eigenvalue weighted by Gasteiger charge is -2.21. The van der Waals surface area contributed by atoms with Gasteiger partial charge in [-0.1, -0.05) is 48.0 Å². The van der Waals surface area contributed by atoms with Crippen molar-refractivity contribution in [3.63, 3.8) is 0 Å². The zero-order valence-corrected chi connectivity index (χ0v) is 20.1. The summed E-state index contributed by atoms with van der Waals surface area (Å²) in [6.07, 6.45) is 0. The van der Waals surface area contributed by atoms with Crippen molar-refractivity contribution in [2.24, 2.45) is 0 Å². The van der Waals surface area contributed by atoms with E-state index >= 15 is 0 Å². The zero-order valence-electron chi connectivity index (χ0n) is 17.7. The monoisotopic (exact) mass is 493 g/mol. The first-order chi connectivity index (χ1) is 16.0. The molecule has 1 aromatic heterocycles. The van der Waals surface area contributed by atoms with E-state index in [9.17, 15) is 9.59 Å². The number of benzene rings is 3. The van der Waals surface area contributed by atoms with Crippen molar-refractivity contribution in [2.75, 3.05) is 16.8 Å². The number of anilines is 2. The summed E-state index contributed by atoms with van der Waals surface area (Å²) in [5, 5.41) is 7.04. The van der Waals surface area contributed by atoms with Crippen molar-refractivity contribution in [1.29, 1.82) is 0 Å². The van der Waals surface area contributed by atoms with E-state index in [1.807, 2.05) is 61.5 Å². The molecule has 5 nitrogen and oxygen atoms in total. The third-order valence-electron chi connectivity index (χ3n) is 4.99. The largest absolute Gasteiger partial charge is 0.332 e. The molecule has 0 saturated carbocycles. The number of hydrogen-bond donors (Lipinski definition) is 2. The highest BCUT2D eigenvalue weighted by atomic mass is 35.5. The van der Waals surface area contributed by atoms with Gasteiger partial charge in [-0.2, -0.15) is 0 Å². The summed E-state index contributed by atoms with van der Waals surface area (Å²) in [6.45, 7) is 2.49. The Kier molecular flexibility index (Phi) is 7.03. The molecular formula is C25H20ClN3O2S2. The highest BCUT2D eigenvalue weighted by Crippen LogP contribution is 2.35. The van der Waals surface area contributed by atoms with Crippen molar-refractivity contribution in [3.8, 4) is 0 Å². The minimum Gasteiger partial charge on any atom is -0.332 e. The number of amides is 2. The van der Waals surface area contributed by atoms with Crippen LogP contribution in [0.5, 0.6) is 0 Å². The molecule has 2 amide bonds. The molecule has 2 N–H and O–H groups in total. The standard InChI is InChI=1S/C25H20ClN3O2S2/c1-2-29(18-8-4-3-5-9-18)24(31)16-12-14-17(15-13-16)27-25(32)28-23(30)22-21(26)19-10-6-7-11-20(19)33-22/h3-15H,2H2,1H3,(H2,27,28,30,32). The Hall–Kier alpha value is -3.26. The number of thiophene rings is 1. The van der Waals surface area contributed by atoms with Gasteiger partial charge in [-0.25, -0.2) is 0 Å². The van der Waals surface area contributed by atoms with E-state index < -0.39 is 0 Å². The van der Waals surface area contributed by atoms with Gasteiger partial charge in [0.05, 0.1) is 5.02 Å². The van der Waals surface area contributed by atoms with Gasteiger partial charge in [0.1, 0.15) is 4.88 Å². The van der Waals surface area contributed by atoms with Crippen LogP contribution in [0.2, 0.25) is 5.02 Å². The number of hydrogen-bond acceptors (Lipinski definition) is 4. The second kappa shape index (κ2) is 10.1. The maximum atomic E-state index is 12.9. The summed E-state index contributed by atoms with van der Waals surface area (Å²) in [5.41, 5.74) is 2.05. The van der Waals surface area contributed by atoms with Crippen LogP contribution in [0, 0.1) is 0 Å². The Morgan fingerprint density at radius 1 is 0.970 bits per heavy atom. The summed E-state index contributed by atoms with van der Waals surface area (Å²) < 4.78 is 0.934. The minimum atomic E-state index is -0.369. The SMILES string of the molecule is CCN(C(=O)c1ccc(NC(=S)NC(=O)c2sc3ccccc3c2Cl)cc1)c1ccccc1. The molecule has 0 radical (unpaired) electrons. The van der Waals surface area contributed by atoms with Gasteiger partial charge in [-0.3, -0.25) is 14.9 Å². The molecule has 0 aliphatic carbocycles. The van der Waals surface area contributed by atoms with Crippen molar-refractivity contribution < 1.29 is 9.59 Å². The third-order valence-corrected chi connectivity index (χ3v) is 6.87. The highest BCUT2D eigenvalue weighted by Gasteiger charge is 2.18. The van der Waals surface area contributed by atoms with Crippen LogP contribution in [0.25, 0.3) is 10.1 Å². The van der Waals surface area contributed by atoms with E-state index in [2.05, 4.69) is 10.6 Å². The molecular weight excluding hydrogens is 474 g/mol. The maximum absolute atomic E-state index is 12.9. The molecule has 1 heterocycles. The lowest BCUT2D eigenvalue weighted by molar-refractivity contribution is 0.0976. The smallest absolute Gasteiger partial charge is 0.269 e. The Morgan fingerprint density at radius 2 is 1.64 bits per heavy atom. The zero-order chi connectivity index (χ0) is 23.4. The van der Waals surface area contributed by atoms with Gasteiger partial charge in [-0.15, -0.1) is 11.3 Å². The van der Waals surface area contributed by atoms with Crippen molar-refractivity contribution >= 4 is 73.5 Å². The van der Waals surface area contributed by atoms with Crippen LogP contribution in [0.3, 0.4) is 0 Å². The molecule has 0 unspecified atom stereocenters. The second-order valence-electron chi connectivity index (χ2n) is 7.11. The number of rotatable bonds is 5. The predicted octanol–water partition coefficient (Wildman–Crippen LogP) is 6.35. The molecule has 0 aliphatic heterocycles. The van der Waals surface area contributed by atoms with E-state index in [0.717, 1.165) is 15.8 Å². The molecule has 166 valence electrons. The summed E-state index contributed by atoms with van der Waals surface area (Å²) in [4.78, 5) is 27.7. The van der Waals surface area contributed by atoms with Crippen LogP contribution in [0.15, 0.2) is 78.9 Å². The molecule has 3 aromatic carbocycles. The fraction of sp³-hybridized carbons (Fsp3) is 0.0800. The lowest BCUT2D eigenvalue weighted by Crippen LogP contribution is -2.33. The van der Waals surface area contributed by atoms with Gasteiger partial charge in [0.25, 0.3) is 11.8 Å². The molecule has 4 aromatic rings. The van der Waals surface area contributed by atoms with Crippen LogP contribution < -0.4 is 15.5 Å². The Morgan fingerprint density at radius 3 is 2.30 bits per heavy atom. The van der Waals surface area contributed by atoms with Gasteiger partial charge in [0, 0.05) is 33.6 Å². The van der Waals surface area contributed by atoms with E-state index in [-0.39, 0.29) is 16.9 Å². The van der Waals surface area contributed by atoms with Crippen LogP contribution in [-0.4, -0.2) is 23.5 Å². The first-order valence-corrected chi connectivity index (χ1v) is 11.8. The molecule has 33 heavy (non-hydrogen) atoms. The minimum absolute atomic E-state index is 0.0921. The van der Waals surface area contributed by atoms with Crippen molar-refractivity contribution in [1.82, 2.24) is 5.32 Å². The second-order valence-corrected chi connectivity index (χ2v) is 8.95. The number of carbonyl (C=O) groups is 2. The number of fused-ring (bicyclic) bond motifs is 1. The number of nitrogens with one attached hydrogen (secondary N) is 2. The van der Waals surface area contributed by atoms with E-state index in [4.69, 9.17) is 23.8 Å². The van der Waals surface area contributed by atoms with E-state index in [0.29, 0.717) is 27.7 Å². The summed E-state index contributed by atoms with van der Waals surface area (Å²) >= 11 is 13.0. The van der Waals surface area contributed by atoms with Crippen LogP contribution >= 0.6 is 35.2 Å². The Bertz CT molecular complexity index is 1320. The fourth-order valence-corrected chi connectivity index (χ4v) is 5.01. The van der Waals surface area contributed by atoms with Crippen molar-refractivity contribution in [2.45, 2.75) is 6.92 Å². The van der Waals surface area contributed by atoms with Gasteiger partial charge in [0.15, 0.2) is 5.11 Å². The number of halogens is 1. The quantitative estimate of drug-likeness (QED) is 0.318.